The number of fused-ring (bicyclic) bond motifs is 2. The Labute approximate surface area is 199 Å². The van der Waals surface area contributed by atoms with Crippen molar-refractivity contribution in [1.29, 1.82) is 0 Å². The molecule has 0 saturated carbocycles. The second-order valence-corrected chi connectivity index (χ2v) is 8.07. The third kappa shape index (κ3) is 5.18. The van der Waals surface area contributed by atoms with Crippen LogP contribution in [0.5, 0.6) is 5.88 Å². The number of benzene rings is 2. The number of nitrogens with one attached hydrogen (secondary N) is 2. The van der Waals surface area contributed by atoms with Crippen molar-refractivity contribution >= 4 is 34.1 Å². The van der Waals surface area contributed by atoms with Crippen LogP contribution in [0.25, 0.3) is 22.3 Å². The highest BCUT2D eigenvalue weighted by Crippen LogP contribution is 2.25. The summed E-state index contributed by atoms with van der Waals surface area (Å²) in [5.74, 6) is 1.42. The Bertz CT molecular complexity index is 1360. The standard InChI is InChI=1S/C12H10N4O.C12H10N4S/c2*1-2-4-9(5-3-1)6-17-12-10-11(14-7-13-10)15-8-16-12/h2*1-5,7-8H,6H2,(H,13,14,15,16). The van der Waals surface area contributed by atoms with Gasteiger partial charge in [0.25, 0.3) is 0 Å². The molecule has 4 aromatic heterocycles. The zero-order valence-electron chi connectivity index (χ0n) is 18.0. The Kier molecular flexibility index (Phi) is 6.67. The molecule has 6 aromatic rings. The fourth-order valence-corrected chi connectivity index (χ4v) is 4.07. The summed E-state index contributed by atoms with van der Waals surface area (Å²) in [7, 11) is 0. The molecule has 0 bridgehead atoms. The highest BCUT2D eigenvalue weighted by Gasteiger charge is 2.07. The van der Waals surface area contributed by atoms with Crippen LogP contribution in [0.3, 0.4) is 0 Å². The molecule has 0 spiro atoms. The van der Waals surface area contributed by atoms with Crippen LogP contribution in [0.1, 0.15) is 11.1 Å². The zero-order valence-corrected chi connectivity index (χ0v) is 18.8. The van der Waals surface area contributed by atoms with Gasteiger partial charge in [0.2, 0.25) is 5.88 Å². The van der Waals surface area contributed by atoms with Crippen LogP contribution in [-0.4, -0.2) is 39.9 Å². The normalized spacial score (nSPS) is 10.7. The van der Waals surface area contributed by atoms with E-state index in [9.17, 15) is 0 Å². The number of H-pyrrole nitrogens is 2. The van der Waals surface area contributed by atoms with E-state index in [0.29, 0.717) is 18.1 Å². The van der Waals surface area contributed by atoms with Gasteiger partial charge >= 0.3 is 0 Å². The van der Waals surface area contributed by atoms with Gasteiger partial charge in [-0.25, -0.2) is 24.9 Å². The molecule has 0 atom stereocenters. The van der Waals surface area contributed by atoms with E-state index in [1.54, 1.807) is 30.7 Å². The van der Waals surface area contributed by atoms with Gasteiger partial charge in [-0.05, 0) is 11.1 Å². The number of imidazole rings is 2. The monoisotopic (exact) mass is 468 g/mol. The van der Waals surface area contributed by atoms with Gasteiger partial charge in [-0.1, -0.05) is 72.4 Å². The van der Waals surface area contributed by atoms with E-state index in [1.165, 1.54) is 11.9 Å². The van der Waals surface area contributed by atoms with E-state index in [2.05, 4.69) is 52.0 Å². The Morgan fingerprint density at radius 3 is 2.00 bits per heavy atom. The van der Waals surface area contributed by atoms with Gasteiger partial charge in [-0.3, -0.25) is 0 Å². The van der Waals surface area contributed by atoms with Crippen molar-refractivity contribution in [3.8, 4) is 5.88 Å². The summed E-state index contributed by atoms with van der Waals surface area (Å²) >= 11 is 1.69. The minimum absolute atomic E-state index is 0.478. The van der Waals surface area contributed by atoms with Crippen LogP contribution >= 0.6 is 11.8 Å². The summed E-state index contributed by atoms with van der Waals surface area (Å²) < 4.78 is 5.64. The number of aromatic nitrogens is 8. The van der Waals surface area contributed by atoms with Gasteiger partial charge in [-0.15, -0.1) is 0 Å². The lowest BCUT2D eigenvalue weighted by molar-refractivity contribution is 0.297. The molecule has 168 valence electrons. The average molecular weight is 469 g/mol. The van der Waals surface area contributed by atoms with Crippen LogP contribution < -0.4 is 4.74 Å². The molecule has 2 aromatic carbocycles. The molecule has 10 heteroatoms. The highest BCUT2D eigenvalue weighted by atomic mass is 32.2. The maximum Gasteiger partial charge on any atom is 0.243 e. The summed E-state index contributed by atoms with van der Waals surface area (Å²) in [5, 5.41) is 0.941. The van der Waals surface area contributed by atoms with E-state index < -0.39 is 0 Å². The average Bonchev–Trinajstić information content (AvgIpc) is 3.58. The van der Waals surface area contributed by atoms with Crippen LogP contribution in [0.4, 0.5) is 0 Å². The molecule has 0 radical (unpaired) electrons. The van der Waals surface area contributed by atoms with Gasteiger partial charge in [0.1, 0.15) is 35.3 Å². The molecular weight excluding hydrogens is 448 g/mol. The van der Waals surface area contributed by atoms with Crippen LogP contribution in [-0.2, 0) is 12.4 Å². The van der Waals surface area contributed by atoms with Crippen molar-refractivity contribution in [2.24, 2.45) is 0 Å². The lowest BCUT2D eigenvalue weighted by Gasteiger charge is -2.05. The number of aromatic amines is 2. The first-order valence-corrected chi connectivity index (χ1v) is 11.5. The number of thioether (sulfide) groups is 1. The maximum atomic E-state index is 5.64. The van der Waals surface area contributed by atoms with Crippen molar-refractivity contribution in [2.75, 3.05) is 0 Å². The van der Waals surface area contributed by atoms with Crippen LogP contribution in [0, 0.1) is 0 Å². The summed E-state index contributed by atoms with van der Waals surface area (Å²) in [6, 6.07) is 20.3. The second-order valence-electron chi connectivity index (χ2n) is 7.11. The smallest absolute Gasteiger partial charge is 0.243 e. The lowest BCUT2D eigenvalue weighted by Crippen LogP contribution is -1.98. The molecule has 0 unspecified atom stereocenters. The first-order chi connectivity index (χ1) is 16.9. The molecule has 0 aliphatic rings. The second kappa shape index (κ2) is 10.5. The zero-order chi connectivity index (χ0) is 23.0. The summed E-state index contributed by atoms with van der Waals surface area (Å²) in [6.07, 6.45) is 6.22. The molecule has 0 aliphatic carbocycles. The summed E-state index contributed by atoms with van der Waals surface area (Å²) in [6.45, 7) is 0.478. The Hall–Kier alpha value is -4.31. The maximum absolute atomic E-state index is 5.64. The van der Waals surface area contributed by atoms with Crippen molar-refractivity contribution in [3.05, 3.63) is 97.1 Å². The molecule has 6 rings (SSSR count). The highest BCUT2D eigenvalue weighted by molar-refractivity contribution is 7.98. The molecule has 0 fully saturated rings. The predicted molar refractivity (Wildman–Crippen MR) is 130 cm³/mol. The van der Waals surface area contributed by atoms with E-state index in [0.717, 1.165) is 33.0 Å². The molecule has 2 N–H and O–H groups in total. The minimum Gasteiger partial charge on any atom is -0.471 e. The van der Waals surface area contributed by atoms with E-state index in [-0.39, 0.29) is 0 Å². The van der Waals surface area contributed by atoms with Crippen LogP contribution in [0.15, 0.2) is 91.0 Å². The van der Waals surface area contributed by atoms with Gasteiger partial charge in [0.05, 0.1) is 12.7 Å². The largest absolute Gasteiger partial charge is 0.471 e. The fourth-order valence-electron chi connectivity index (χ4n) is 3.16. The number of nitrogens with zero attached hydrogens (tertiary/aromatic N) is 6. The van der Waals surface area contributed by atoms with Crippen LogP contribution in [0.2, 0.25) is 0 Å². The van der Waals surface area contributed by atoms with E-state index >= 15 is 0 Å². The SMILES string of the molecule is c1ccc(COc2ncnc3nc[nH]c23)cc1.c1ccc(CSc2ncnc3nc[nH]c23)cc1. The van der Waals surface area contributed by atoms with Gasteiger partial charge in [0.15, 0.2) is 11.3 Å². The number of rotatable bonds is 6. The summed E-state index contributed by atoms with van der Waals surface area (Å²) in [4.78, 5) is 30.7. The number of ether oxygens (including phenoxy) is 1. The van der Waals surface area contributed by atoms with Gasteiger partial charge < -0.3 is 14.7 Å². The Morgan fingerprint density at radius 2 is 1.26 bits per heavy atom. The quantitative estimate of drug-likeness (QED) is 0.269. The number of hydrogen-bond donors (Lipinski definition) is 2. The molecule has 34 heavy (non-hydrogen) atoms. The lowest BCUT2D eigenvalue weighted by atomic mass is 10.2. The fraction of sp³-hybridized carbons (Fsp3) is 0.0833. The first-order valence-electron chi connectivity index (χ1n) is 10.5. The first kappa shape index (κ1) is 21.5. The molecule has 4 heterocycles. The number of hydrogen-bond acceptors (Lipinski definition) is 8. The molecular formula is C24H20N8OS. The third-order valence-corrected chi connectivity index (χ3v) is 5.87. The van der Waals surface area contributed by atoms with E-state index in [1.807, 2.05) is 48.5 Å². The molecule has 0 saturated heterocycles. The summed E-state index contributed by atoms with van der Waals surface area (Å²) in [5.41, 5.74) is 5.35. The minimum atomic E-state index is 0.478. The van der Waals surface area contributed by atoms with Crippen molar-refractivity contribution in [3.63, 3.8) is 0 Å². The molecule has 0 aliphatic heterocycles. The molecule has 9 nitrogen and oxygen atoms in total. The predicted octanol–water partition coefficient (Wildman–Crippen LogP) is 4.58. The Morgan fingerprint density at radius 1 is 0.647 bits per heavy atom. The van der Waals surface area contributed by atoms with E-state index in [4.69, 9.17) is 4.74 Å². The van der Waals surface area contributed by atoms with Crippen molar-refractivity contribution < 1.29 is 4.74 Å². The third-order valence-electron chi connectivity index (χ3n) is 4.81. The van der Waals surface area contributed by atoms with Gasteiger partial charge in [0, 0.05) is 5.75 Å². The molecule has 0 amide bonds. The Balaban J connectivity index is 0.000000142. The van der Waals surface area contributed by atoms with Gasteiger partial charge in [-0.2, -0.15) is 4.98 Å². The van der Waals surface area contributed by atoms with Crippen molar-refractivity contribution in [2.45, 2.75) is 17.4 Å². The van der Waals surface area contributed by atoms with Crippen molar-refractivity contribution in [1.82, 2.24) is 39.9 Å². The topological polar surface area (TPSA) is 118 Å².